The lowest BCUT2D eigenvalue weighted by Crippen LogP contribution is -2.63. The standard InChI is InChI=1S/C19H20N2O4/c22-15-8-6-13(7-9-15)10-16-18(23)21-17(19(24)20-16)12-25-11-14-4-2-1-3-5-14/h1-9,16-17,22H,10-12H2,(H,20,24)(H,21,23)/t16-,17-/m0/s1. The summed E-state index contributed by atoms with van der Waals surface area (Å²) in [5.74, 6) is -0.325. The molecule has 25 heavy (non-hydrogen) atoms. The first-order chi connectivity index (χ1) is 12.1. The highest BCUT2D eigenvalue weighted by atomic mass is 16.5. The van der Waals surface area contributed by atoms with Crippen LogP contribution in [0.15, 0.2) is 54.6 Å². The number of phenols is 1. The molecule has 0 spiro atoms. The number of aromatic hydroxyl groups is 1. The van der Waals surface area contributed by atoms with Gasteiger partial charge >= 0.3 is 0 Å². The van der Waals surface area contributed by atoms with Crippen LogP contribution in [0.3, 0.4) is 0 Å². The molecule has 0 bridgehead atoms. The van der Waals surface area contributed by atoms with E-state index >= 15 is 0 Å². The molecule has 1 aliphatic heterocycles. The zero-order valence-electron chi connectivity index (χ0n) is 13.6. The summed E-state index contributed by atoms with van der Waals surface area (Å²) in [6.45, 7) is 0.510. The highest BCUT2D eigenvalue weighted by molar-refractivity contribution is 5.97. The molecule has 2 aromatic rings. The quantitative estimate of drug-likeness (QED) is 0.736. The molecule has 3 N–H and O–H groups in total. The predicted octanol–water partition coefficient (Wildman–Crippen LogP) is 1.13. The molecule has 6 nitrogen and oxygen atoms in total. The smallest absolute Gasteiger partial charge is 0.245 e. The fourth-order valence-corrected chi connectivity index (χ4v) is 2.67. The monoisotopic (exact) mass is 340 g/mol. The number of phenolic OH excluding ortho intramolecular Hbond substituents is 1. The van der Waals surface area contributed by atoms with Crippen LogP contribution >= 0.6 is 0 Å². The molecular weight excluding hydrogens is 320 g/mol. The lowest BCUT2D eigenvalue weighted by Gasteiger charge is -2.29. The highest BCUT2D eigenvalue weighted by Gasteiger charge is 2.33. The van der Waals surface area contributed by atoms with E-state index in [4.69, 9.17) is 4.74 Å². The molecule has 1 saturated heterocycles. The summed E-state index contributed by atoms with van der Waals surface area (Å²) in [6.07, 6.45) is 0.370. The molecule has 0 unspecified atom stereocenters. The van der Waals surface area contributed by atoms with Crippen LogP contribution in [0, 0.1) is 0 Å². The second-order valence-electron chi connectivity index (χ2n) is 5.99. The lowest BCUT2D eigenvalue weighted by atomic mass is 10.0. The van der Waals surface area contributed by atoms with Crippen molar-refractivity contribution >= 4 is 11.8 Å². The van der Waals surface area contributed by atoms with Gasteiger partial charge in [0.2, 0.25) is 11.8 Å². The van der Waals surface area contributed by atoms with Gasteiger partial charge in [0.25, 0.3) is 0 Å². The van der Waals surface area contributed by atoms with Crippen molar-refractivity contribution in [1.82, 2.24) is 10.6 Å². The number of hydrogen-bond acceptors (Lipinski definition) is 4. The van der Waals surface area contributed by atoms with Gasteiger partial charge in [0.05, 0.1) is 13.2 Å². The predicted molar refractivity (Wildman–Crippen MR) is 91.8 cm³/mol. The fourth-order valence-electron chi connectivity index (χ4n) is 2.67. The van der Waals surface area contributed by atoms with Gasteiger partial charge in [-0.25, -0.2) is 0 Å². The third kappa shape index (κ3) is 4.58. The number of rotatable bonds is 6. The molecule has 6 heteroatoms. The molecule has 2 aromatic carbocycles. The van der Waals surface area contributed by atoms with Crippen LogP contribution in [0.25, 0.3) is 0 Å². The zero-order valence-corrected chi connectivity index (χ0v) is 13.6. The van der Waals surface area contributed by atoms with Crippen LogP contribution in [0.4, 0.5) is 0 Å². The number of carbonyl (C=O) groups is 2. The number of carbonyl (C=O) groups excluding carboxylic acids is 2. The van der Waals surface area contributed by atoms with Crippen LogP contribution in [0.5, 0.6) is 5.75 Å². The summed E-state index contributed by atoms with van der Waals surface area (Å²) in [7, 11) is 0. The van der Waals surface area contributed by atoms with Crippen molar-refractivity contribution in [3.63, 3.8) is 0 Å². The summed E-state index contributed by atoms with van der Waals surface area (Å²) in [4.78, 5) is 24.4. The molecule has 130 valence electrons. The minimum absolute atomic E-state index is 0.123. The molecule has 0 radical (unpaired) electrons. The Bertz CT molecular complexity index is 731. The Morgan fingerprint density at radius 1 is 0.840 bits per heavy atom. The third-order valence-electron chi connectivity index (χ3n) is 4.04. The van der Waals surface area contributed by atoms with Gasteiger partial charge in [-0.2, -0.15) is 0 Å². The minimum Gasteiger partial charge on any atom is -0.508 e. The van der Waals surface area contributed by atoms with Gasteiger partial charge in [-0.05, 0) is 23.3 Å². The molecule has 1 aliphatic rings. The second kappa shape index (κ2) is 7.81. The van der Waals surface area contributed by atoms with E-state index < -0.39 is 12.1 Å². The van der Waals surface area contributed by atoms with Gasteiger partial charge < -0.3 is 20.5 Å². The van der Waals surface area contributed by atoms with Gasteiger partial charge in [0, 0.05) is 6.42 Å². The molecule has 0 saturated carbocycles. The van der Waals surface area contributed by atoms with Crippen molar-refractivity contribution in [1.29, 1.82) is 0 Å². The van der Waals surface area contributed by atoms with E-state index in [1.165, 1.54) is 0 Å². The van der Waals surface area contributed by atoms with Crippen LogP contribution in [0.1, 0.15) is 11.1 Å². The maximum Gasteiger partial charge on any atom is 0.245 e. The Morgan fingerprint density at radius 2 is 1.48 bits per heavy atom. The fraction of sp³-hybridized carbons (Fsp3) is 0.263. The van der Waals surface area contributed by atoms with E-state index in [9.17, 15) is 14.7 Å². The first-order valence-electron chi connectivity index (χ1n) is 8.12. The minimum atomic E-state index is -0.688. The first-order valence-corrected chi connectivity index (χ1v) is 8.12. The van der Waals surface area contributed by atoms with E-state index in [0.29, 0.717) is 13.0 Å². The number of piperazine rings is 1. The van der Waals surface area contributed by atoms with E-state index in [1.807, 2.05) is 30.3 Å². The van der Waals surface area contributed by atoms with Crippen LogP contribution in [-0.4, -0.2) is 35.6 Å². The number of amides is 2. The summed E-state index contributed by atoms with van der Waals surface area (Å²) in [5.41, 5.74) is 1.87. The number of hydrogen-bond donors (Lipinski definition) is 3. The average molecular weight is 340 g/mol. The molecule has 0 aliphatic carbocycles. The van der Waals surface area contributed by atoms with Crippen molar-refractivity contribution in [3.8, 4) is 5.75 Å². The number of benzene rings is 2. The summed E-state index contributed by atoms with van der Waals surface area (Å²) in [5, 5.41) is 14.7. The van der Waals surface area contributed by atoms with E-state index in [2.05, 4.69) is 10.6 Å². The number of nitrogens with one attached hydrogen (secondary N) is 2. The molecular formula is C19H20N2O4. The maximum atomic E-state index is 12.2. The normalized spacial score (nSPS) is 20.0. The highest BCUT2D eigenvalue weighted by Crippen LogP contribution is 2.13. The van der Waals surface area contributed by atoms with Gasteiger partial charge in [0.15, 0.2) is 0 Å². The molecule has 2 atom stereocenters. The van der Waals surface area contributed by atoms with Crippen molar-refractivity contribution < 1.29 is 19.4 Å². The topological polar surface area (TPSA) is 87.7 Å². The molecule has 3 rings (SSSR count). The second-order valence-corrected chi connectivity index (χ2v) is 5.99. The van der Waals surface area contributed by atoms with Crippen molar-refractivity contribution in [2.24, 2.45) is 0 Å². The summed E-state index contributed by atoms with van der Waals surface area (Å²) < 4.78 is 5.54. The molecule has 1 heterocycles. The Hall–Kier alpha value is -2.86. The third-order valence-corrected chi connectivity index (χ3v) is 4.04. The van der Waals surface area contributed by atoms with Gasteiger partial charge in [-0.15, -0.1) is 0 Å². The largest absolute Gasteiger partial charge is 0.508 e. The zero-order chi connectivity index (χ0) is 17.6. The maximum absolute atomic E-state index is 12.2. The van der Waals surface area contributed by atoms with Crippen molar-refractivity contribution in [3.05, 3.63) is 65.7 Å². The summed E-state index contributed by atoms with van der Waals surface area (Å²) >= 11 is 0. The molecule has 1 fully saturated rings. The summed E-state index contributed by atoms with van der Waals surface area (Å²) in [6, 6.07) is 14.9. The Labute approximate surface area is 145 Å². The van der Waals surface area contributed by atoms with E-state index in [-0.39, 0.29) is 24.2 Å². The Kier molecular flexibility index (Phi) is 5.30. The van der Waals surface area contributed by atoms with E-state index in [1.54, 1.807) is 24.3 Å². The van der Waals surface area contributed by atoms with E-state index in [0.717, 1.165) is 11.1 Å². The Balaban J connectivity index is 1.50. The van der Waals surface area contributed by atoms with Crippen molar-refractivity contribution in [2.45, 2.75) is 25.1 Å². The average Bonchev–Trinajstić information content (AvgIpc) is 2.62. The molecule has 0 aromatic heterocycles. The molecule has 2 amide bonds. The number of ether oxygens (including phenoxy) is 1. The SMILES string of the molecule is O=C1N[C@@H](Cc2ccc(O)cc2)C(=O)N[C@H]1COCc1ccccc1. The van der Waals surface area contributed by atoms with Crippen LogP contribution in [0.2, 0.25) is 0 Å². The lowest BCUT2D eigenvalue weighted by molar-refractivity contribution is -0.138. The van der Waals surface area contributed by atoms with Gasteiger partial charge in [-0.1, -0.05) is 42.5 Å². The van der Waals surface area contributed by atoms with Gasteiger partial charge in [0.1, 0.15) is 17.8 Å². The Morgan fingerprint density at radius 3 is 2.20 bits per heavy atom. The van der Waals surface area contributed by atoms with Crippen molar-refractivity contribution in [2.75, 3.05) is 6.61 Å². The first kappa shape index (κ1) is 17.0. The van der Waals surface area contributed by atoms with Crippen LogP contribution in [-0.2, 0) is 27.4 Å². The van der Waals surface area contributed by atoms with Crippen LogP contribution < -0.4 is 10.6 Å². The van der Waals surface area contributed by atoms with Gasteiger partial charge in [-0.3, -0.25) is 9.59 Å².